The van der Waals surface area contributed by atoms with Crippen LogP contribution in [0.1, 0.15) is 11.1 Å². The third kappa shape index (κ3) is 3.31. The molecule has 1 aromatic carbocycles. The van der Waals surface area contributed by atoms with Gasteiger partial charge in [-0.3, -0.25) is 0 Å². The lowest BCUT2D eigenvalue weighted by atomic mass is 10.2. The highest BCUT2D eigenvalue weighted by Gasteiger charge is 2.03. The average molecular weight is 242 g/mol. The van der Waals surface area contributed by atoms with Crippen LogP contribution in [0.4, 0.5) is 5.82 Å². The summed E-state index contributed by atoms with van der Waals surface area (Å²) < 4.78 is 0. The Labute approximate surface area is 108 Å². The van der Waals surface area contributed by atoms with Gasteiger partial charge in [-0.15, -0.1) is 0 Å². The largest absolute Gasteiger partial charge is 0.396 e. The monoisotopic (exact) mass is 242 g/mol. The van der Waals surface area contributed by atoms with E-state index in [0.29, 0.717) is 6.42 Å². The van der Waals surface area contributed by atoms with Gasteiger partial charge < -0.3 is 10.0 Å². The normalized spacial score (nSPS) is 10.3. The first-order valence-corrected chi connectivity index (χ1v) is 6.10. The van der Waals surface area contributed by atoms with Crippen molar-refractivity contribution in [3.63, 3.8) is 0 Å². The molecule has 1 heterocycles. The van der Waals surface area contributed by atoms with Crippen molar-refractivity contribution in [2.75, 3.05) is 18.6 Å². The number of hydrogen-bond donors (Lipinski definition) is 1. The van der Waals surface area contributed by atoms with Crippen LogP contribution in [0.25, 0.3) is 0 Å². The smallest absolute Gasteiger partial charge is 0.128 e. The summed E-state index contributed by atoms with van der Waals surface area (Å²) >= 11 is 0. The van der Waals surface area contributed by atoms with E-state index < -0.39 is 0 Å². The average Bonchev–Trinajstić information content (AvgIpc) is 2.41. The SMILES string of the molecule is CN(Cc1ccccc1)c1ccc(CCO)cn1. The zero-order valence-electron chi connectivity index (χ0n) is 10.6. The molecule has 1 aromatic heterocycles. The van der Waals surface area contributed by atoms with E-state index in [1.54, 1.807) is 0 Å². The summed E-state index contributed by atoms with van der Waals surface area (Å²) in [4.78, 5) is 6.52. The number of anilines is 1. The third-order valence-corrected chi connectivity index (χ3v) is 2.86. The second-order valence-electron chi connectivity index (χ2n) is 4.34. The van der Waals surface area contributed by atoms with Gasteiger partial charge in [0.2, 0.25) is 0 Å². The zero-order chi connectivity index (χ0) is 12.8. The summed E-state index contributed by atoms with van der Waals surface area (Å²) in [5.74, 6) is 0.945. The summed E-state index contributed by atoms with van der Waals surface area (Å²) in [7, 11) is 2.03. The number of hydrogen-bond acceptors (Lipinski definition) is 3. The number of rotatable bonds is 5. The van der Waals surface area contributed by atoms with Gasteiger partial charge in [-0.25, -0.2) is 4.98 Å². The minimum Gasteiger partial charge on any atom is -0.396 e. The van der Waals surface area contributed by atoms with E-state index in [1.165, 1.54) is 5.56 Å². The first-order chi connectivity index (χ1) is 8.79. The predicted molar refractivity (Wildman–Crippen MR) is 73.6 cm³/mol. The van der Waals surface area contributed by atoms with E-state index in [1.807, 2.05) is 43.6 Å². The molecule has 3 heteroatoms. The minimum absolute atomic E-state index is 0.168. The molecule has 94 valence electrons. The molecule has 0 saturated heterocycles. The van der Waals surface area contributed by atoms with Crippen molar-refractivity contribution in [1.29, 1.82) is 0 Å². The van der Waals surface area contributed by atoms with Crippen LogP contribution in [-0.2, 0) is 13.0 Å². The fraction of sp³-hybridized carbons (Fsp3) is 0.267. The van der Waals surface area contributed by atoms with Gasteiger partial charge in [0.25, 0.3) is 0 Å². The van der Waals surface area contributed by atoms with Crippen LogP contribution >= 0.6 is 0 Å². The third-order valence-electron chi connectivity index (χ3n) is 2.86. The van der Waals surface area contributed by atoms with Gasteiger partial charge >= 0.3 is 0 Å². The fourth-order valence-corrected chi connectivity index (χ4v) is 1.86. The van der Waals surface area contributed by atoms with Crippen molar-refractivity contribution >= 4 is 5.82 Å². The molecule has 0 spiro atoms. The van der Waals surface area contributed by atoms with Crippen LogP contribution in [0.2, 0.25) is 0 Å². The Morgan fingerprint density at radius 1 is 1.06 bits per heavy atom. The summed E-state index contributed by atoms with van der Waals surface area (Å²) in [6.45, 7) is 1.01. The zero-order valence-corrected chi connectivity index (χ0v) is 10.6. The van der Waals surface area contributed by atoms with Gasteiger partial charge in [0.1, 0.15) is 5.82 Å². The lowest BCUT2D eigenvalue weighted by Crippen LogP contribution is -2.17. The maximum Gasteiger partial charge on any atom is 0.128 e. The molecule has 0 atom stereocenters. The summed E-state index contributed by atoms with van der Waals surface area (Å²) in [6, 6.07) is 14.3. The number of benzene rings is 1. The maximum absolute atomic E-state index is 8.85. The van der Waals surface area contributed by atoms with Gasteiger partial charge in [0, 0.05) is 26.4 Å². The lowest BCUT2D eigenvalue weighted by molar-refractivity contribution is 0.299. The molecule has 0 bridgehead atoms. The van der Waals surface area contributed by atoms with Crippen molar-refractivity contribution in [3.8, 4) is 0 Å². The van der Waals surface area contributed by atoms with E-state index in [0.717, 1.165) is 17.9 Å². The Kier molecular flexibility index (Phi) is 4.31. The van der Waals surface area contributed by atoms with E-state index >= 15 is 0 Å². The Morgan fingerprint density at radius 3 is 2.44 bits per heavy atom. The first kappa shape index (κ1) is 12.6. The molecule has 0 unspecified atom stereocenters. The number of aliphatic hydroxyl groups is 1. The van der Waals surface area contributed by atoms with Crippen LogP contribution in [0.5, 0.6) is 0 Å². The lowest BCUT2D eigenvalue weighted by Gasteiger charge is -2.18. The fourth-order valence-electron chi connectivity index (χ4n) is 1.86. The molecule has 0 aliphatic carbocycles. The topological polar surface area (TPSA) is 36.4 Å². The van der Waals surface area contributed by atoms with Crippen molar-refractivity contribution < 1.29 is 5.11 Å². The molecule has 0 saturated carbocycles. The molecule has 0 aliphatic heterocycles. The minimum atomic E-state index is 0.168. The van der Waals surface area contributed by atoms with Crippen molar-refractivity contribution in [3.05, 3.63) is 59.8 Å². The molecule has 2 aromatic rings. The Balaban J connectivity index is 2.02. The quantitative estimate of drug-likeness (QED) is 0.873. The van der Waals surface area contributed by atoms with Gasteiger partial charge in [-0.05, 0) is 23.6 Å². The molecule has 0 radical (unpaired) electrons. The van der Waals surface area contributed by atoms with Crippen LogP contribution in [0.3, 0.4) is 0 Å². The highest BCUT2D eigenvalue weighted by Crippen LogP contribution is 2.13. The Bertz CT molecular complexity index is 468. The molecule has 0 fully saturated rings. The molecular weight excluding hydrogens is 224 g/mol. The standard InChI is InChI=1S/C15H18N2O/c1-17(12-14-5-3-2-4-6-14)15-8-7-13(9-10-18)11-16-15/h2-8,11,18H,9-10,12H2,1H3. The van der Waals surface area contributed by atoms with E-state index in [9.17, 15) is 0 Å². The molecular formula is C15H18N2O. The number of pyridine rings is 1. The van der Waals surface area contributed by atoms with Gasteiger partial charge in [0.15, 0.2) is 0 Å². The molecule has 3 nitrogen and oxygen atoms in total. The van der Waals surface area contributed by atoms with Crippen molar-refractivity contribution in [2.45, 2.75) is 13.0 Å². The van der Waals surface area contributed by atoms with Crippen LogP contribution < -0.4 is 4.90 Å². The summed E-state index contributed by atoms with van der Waals surface area (Å²) in [5.41, 5.74) is 2.33. The second kappa shape index (κ2) is 6.17. The highest BCUT2D eigenvalue weighted by molar-refractivity contribution is 5.39. The van der Waals surface area contributed by atoms with Crippen LogP contribution in [0, 0.1) is 0 Å². The van der Waals surface area contributed by atoms with Crippen LogP contribution in [0.15, 0.2) is 48.7 Å². The van der Waals surface area contributed by atoms with Gasteiger partial charge in [0.05, 0.1) is 0 Å². The molecule has 1 N–H and O–H groups in total. The second-order valence-corrected chi connectivity index (χ2v) is 4.34. The molecule has 2 rings (SSSR count). The van der Waals surface area contributed by atoms with Crippen molar-refractivity contribution in [2.24, 2.45) is 0 Å². The van der Waals surface area contributed by atoms with Crippen molar-refractivity contribution in [1.82, 2.24) is 4.98 Å². The number of aliphatic hydroxyl groups excluding tert-OH is 1. The van der Waals surface area contributed by atoms with Gasteiger partial charge in [-0.1, -0.05) is 36.4 Å². The predicted octanol–water partition coefficient (Wildman–Crippen LogP) is 2.25. The highest BCUT2D eigenvalue weighted by atomic mass is 16.2. The Hall–Kier alpha value is -1.87. The number of nitrogens with zero attached hydrogens (tertiary/aromatic N) is 2. The summed E-state index contributed by atoms with van der Waals surface area (Å²) in [6.07, 6.45) is 2.49. The van der Waals surface area contributed by atoms with E-state index in [-0.39, 0.29) is 6.61 Å². The summed E-state index contributed by atoms with van der Waals surface area (Å²) in [5, 5.41) is 8.85. The van der Waals surface area contributed by atoms with E-state index in [4.69, 9.17) is 5.11 Å². The molecule has 0 aliphatic rings. The number of aromatic nitrogens is 1. The molecule has 0 amide bonds. The van der Waals surface area contributed by atoms with Crippen LogP contribution in [-0.4, -0.2) is 23.7 Å². The van der Waals surface area contributed by atoms with E-state index in [2.05, 4.69) is 22.0 Å². The first-order valence-electron chi connectivity index (χ1n) is 6.10. The maximum atomic E-state index is 8.85. The Morgan fingerprint density at radius 2 is 1.83 bits per heavy atom. The molecule has 18 heavy (non-hydrogen) atoms. The van der Waals surface area contributed by atoms with Gasteiger partial charge in [-0.2, -0.15) is 0 Å².